The first-order valence-electron chi connectivity index (χ1n) is 15.2. The van der Waals surface area contributed by atoms with E-state index in [0.717, 1.165) is 60.9 Å². The Morgan fingerprint density at radius 1 is 1.15 bits per heavy atom. The minimum atomic E-state index is -3.83. The summed E-state index contributed by atoms with van der Waals surface area (Å²) in [7, 11) is -3.83. The molecule has 1 fully saturated rings. The number of aromatic nitrogens is 2. The van der Waals surface area contributed by atoms with Gasteiger partial charge < -0.3 is 9.47 Å². The summed E-state index contributed by atoms with van der Waals surface area (Å²) in [5.41, 5.74) is 4.57. The molecule has 0 amide bonds. The van der Waals surface area contributed by atoms with Gasteiger partial charge in [-0.3, -0.25) is 4.31 Å². The van der Waals surface area contributed by atoms with Crippen molar-refractivity contribution in [2.24, 2.45) is 11.8 Å². The van der Waals surface area contributed by atoms with Crippen LogP contribution in [0.5, 0.6) is 0 Å². The molecule has 0 saturated carbocycles. The van der Waals surface area contributed by atoms with Crippen LogP contribution in [0.15, 0.2) is 59.5 Å². The third-order valence-electron chi connectivity index (χ3n) is 7.74. The number of sulfonamides is 1. The summed E-state index contributed by atoms with van der Waals surface area (Å²) < 4.78 is 43.7. The van der Waals surface area contributed by atoms with Crippen molar-refractivity contribution in [2.45, 2.75) is 84.3 Å². The number of hydrogen-bond acceptors (Lipinski definition) is 5. The van der Waals surface area contributed by atoms with E-state index in [1.807, 2.05) is 48.9 Å². The zero-order chi connectivity index (χ0) is 29.6. The second-order valence-electron chi connectivity index (χ2n) is 11.7. The Hall–Kier alpha value is -2.68. The van der Waals surface area contributed by atoms with Crippen molar-refractivity contribution < 1.29 is 17.9 Å². The molecule has 2 atom stereocenters. The van der Waals surface area contributed by atoms with E-state index in [-0.39, 0.29) is 23.0 Å². The Morgan fingerprint density at radius 2 is 1.90 bits per heavy atom. The second kappa shape index (κ2) is 14.0. The summed E-state index contributed by atoms with van der Waals surface area (Å²) in [4.78, 5) is 0.258. The highest BCUT2D eigenvalue weighted by Gasteiger charge is 2.28. The van der Waals surface area contributed by atoms with Crippen molar-refractivity contribution in [1.82, 2.24) is 9.78 Å². The first kappa shape index (κ1) is 31.3. The third kappa shape index (κ3) is 7.40. The number of hydrogen-bond donors (Lipinski definition) is 0. The Balaban J connectivity index is 1.74. The van der Waals surface area contributed by atoms with Gasteiger partial charge in [0, 0.05) is 37.5 Å². The van der Waals surface area contributed by atoms with Crippen molar-refractivity contribution >= 4 is 26.6 Å². The van der Waals surface area contributed by atoms with E-state index in [9.17, 15) is 8.42 Å². The largest absolute Gasteiger partial charge is 0.381 e. The lowest BCUT2D eigenvalue weighted by Gasteiger charge is -2.27. The maximum absolute atomic E-state index is 14.2. The van der Waals surface area contributed by atoms with Gasteiger partial charge in [0.15, 0.2) is 6.23 Å². The van der Waals surface area contributed by atoms with Crippen molar-refractivity contribution in [1.29, 1.82) is 0 Å². The average Bonchev–Trinajstić information content (AvgIpc) is 3.33. The molecule has 1 aliphatic rings. The molecule has 1 unspecified atom stereocenters. The van der Waals surface area contributed by atoms with Crippen LogP contribution in [0.3, 0.4) is 0 Å². The average molecular weight is 582 g/mol. The lowest BCUT2D eigenvalue weighted by molar-refractivity contribution is -0.0368. The fraction of sp³-hybridized carbons (Fsp3) is 0.545. The second-order valence-corrected chi connectivity index (χ2v) is 13.5. The van der Waals surface area contributed by atoms with Gasteiger partial charge in [0.05, 0.1) is 28.4 Å². The highest BCUT2D eigenvalue weighted by Crippen LogP contribution is 2.33. The monoisotopic (exact) mass is 581 g/mol. The van der Waals surface area contributed by atoms with Crippen LogP contribution in [0.2, 0.25) is 0 Å². The van der Waals surface area contributed by atoms with E-state index >= 15 is 0 Å². The van der Waals surface area contributed by atoms with Crippen molar-refractivity contribution in [2.75, 3.05) is 30.7 Å². The van der Waals surface area contributed by atoms with Crippen LogP contribution in [0, 0.1) is 11.8 Å². The molecule has 0 radical (unpaired) electrons. The molecule has 224 valence electrons. The normalized spacial score (nSPS) is 16.8. The number of anilines is 1. The number of nitrogens with zero attached hydrogens (tertiary/aromatic N) is 3. The minimum absolute atomic E-state index is 0.154. The molecule has 2 aromatic carbocycles. The Kier molecular flexibility index (Phi) is 10.7. The van der Waals surface area contributed by atoms with Crippen LogP contribution in [0.4, 0.5) is 5.69 Å². The quantitative estimate of drug-likeness (QED) is 0.147. The molecule has 8 heteroatoms. The maximum Gasteiger partial charge on any atom is 0.264 e. The van der Waals surface area contributed by atoms with Crippen molar-refractivity contribution in [3.63, 3.8) is 0 Å². The Labute approximate surface area is 246 Å². The Bertz CT molecular complexity index is 1410. The van der Waals surface area contributed by atoms with Gasteiger partial charge in [-0.2, -0.15) is 5.10 Å². The van der Waals surface area contributed by atoms with Crippen LogP contribution in [0.1, 0.15) is 77.8 Å². The van der Waals surface area contributed by atoms with E-state index in [4.69, 9.17) is 14.6 Å². The van der Waals surface area contributed by atoms with Gasteiger partial charge in [0.25, 0.3) is 10.0 Å². The number of aryl methyl sites for hydroxylation is 1. The van der Waals surface area contributed by atoms with E-state index in [1.54, 1.807) is 12.1 Å². The molecule has 0 bridgehead atoms. The predicted molar refractivity (Wildman–Crippen MR) is 167 cm³/mol. The Morgan fingerprint density at radius 3 is 2.54 bits per heavy atom. The number of ether oxygens (including phenoxy) is 2. The number of benzene rings is 2. The number of rotatable bonds is 14. The van der Waals surface area contributed by atoms with Gasteiger partial charge in [-0.15, -0.1) is 0 Å². The first-order chi connectivity index (χ1) is 19.6. The molecule has 0 N–H and O–H groups in total. The molecule has 41 heavy (non-hydrogen) atoms. The van der Waals surface area contributed by atoms with Crippen molar-refractivity contribution in [3.05, 3.63) is 65.9 Å². The fourth-order valence-corrected chi connectivity index (χ4v) is 6.87. The summed E-state index contributed by atoms with van der Waals surface area (Å²) in [6.45, 7) is 17.2. The molecule has 2 heterocycles. The fourth-order valence-electron chi connectivity index (χ4n) is 5.22. The lowest BCUT2D eigenvalue weighted by atomic mass is 9.98. The lowest BCUT2D eigenvalue weighted by Crippen LogP contribution is -2.34. The summed E-state index contributed by atoms with van der Waals surface area (Å²) in [5.74, 6) is 0.345. The highest BCUT2D eigenvalue weighted by molar-refractivity contribution is 7.92. The molecular weight excluding hydrogens is 534 g/mol. The summed E-state index contributed by atoms with van der Waals surface area (Å²) in [6, 6.07) is 13.2. The van der Waals surface area contributed by atoms with Crippen LogP contribution < -0.4 is 4.31 Å². The molecule has 3 aromatic rings. The molecular formula is C33H47N3O4S. The van der Waals surface area contributed by atoms with Gasteiger partial charge in [-0.25, -0.2) is 13.1 Å². The summed E-state index contributed by atoms with van der Waals surface area (Å²) >= 11 is 0. The van der Waals surface area contributed by atoms with E-state index < -0.39 is 10.0 Å². The van der Waals surface area contributed by atoms with E-state index in [0.29, 0.717) is 31.9 Å². The van der Waals surface area contributed by atoms with Gasteiger partial charge in [0.2, 0.25) is 0 Å². The SMILES string of the molecule is C=C(Cc1nn(C2CCCCO2)c2cc(S(=O)(=O)N(CC(C)C)c3ccc(CC)cc3)ccc12)[C@@H](C)COCCC. The van der Waals surface area contributed by atoms with Gasteiger partial charge >= 0.3 is 0 Å². The highest BCUT2D eigenvalue weighted by atomic mass is 32.2. The van der Waals surface area contributed by atoms with Gasteiger partial charge in [-0.05, 0) is 73.9 Å². The molecule has 1 saturated heterocycles. The van der Waals surface area contributed by atoms with Gasteiger partial charge in [-0.1, -0.05) is 58.9 Å². The topological polar surface area (TPSA) is 73.7 Å². The summed E-state index contributed by atoms with van der Waals surface area (Å²) in [6.07, 6.45) is 5.19. The minimum Gasteiger partial charge on any atom is -0.381 e. The molecule has 0 spiro atoms. The molecule has 7 nitrogen and oxygen atoms in total. The maximum atomic E-state index is 14.2. The van der Waals surface area contributed by atoms with E-state index in [1.165, 1.54) is 9.87 Å². The van der Waals surface area contributed by atoms with Crippen LogP contribution in [0.25, 0.3) is 10.9 Å². The molecule has 1 aromatic heterocycles. The van der Waals surface area contributed by atoms with Crippen molar-refractivity contribution in [3.8, 4) is 0 Å². The van der Waals surface area contributed by atoms with Gasteiger partial charge in [0.1, 0.15) is 0 Å². The molecule has 0 aliphatic carbocycles. The van der Waals surface area contributed by atoms with Crippen LogP contribution in [-0.2, 0) is 32.3 Å². The third-order valence-corrected chi connectivity index (χ3v) is 9.53. The predicted octanol–water partition coefficient (Wildman–Crippen LogP) is 7.31. The smallest absolute Gasteiger partial charge is 0.264 e. The zero-order valence-corrected chi connectivity index (χ0v) is 26.3. The zero-order valence-electron chi connectivity index (χ0n) is 25.4. The first-order valence-corrected chi connectivity index (χ1v) is 16.6. The van der Waals surface area contributed by atoms with Crippen LogP contribution >= 0.6 is 0 Å². The van der Waals surface area contributed by atoms with E-state index in [2.05, 4.69) is 27.4 Å². The molecule has 4 rings (SSSR count). The number of fused-ring (bicyclic) bond motifs is 1. The van der Waals surface area contributed by atoms with Crippen LogP contribution in [-0.4, -0.2) is 44.6 Å². The summed E-state index contributed by atoms with van der Waals surface area (Å²) in [5, 5.41) is 5.94. The molecule has 1 aliphatic heterocycles. The standard InChI is InChI=1S/C33H47N3O4S/c1-7-18-39-23-26(6)25(5)20-31-30-17-16-29(21-32(30)36(34-31)33-11-9-10-19-40-33)41(37,38)35(22-24(3)4)28-14-12-27(8-2)13-15-28/h12-17,21,24,26,33H,5,7-11,18-20,22-23H2,1-4,6H3/t26-,33?/m0/s1.